The van der Waals surface area contributed by atoms with Gasteiger partial charge in [0.15, 0.2) is 5.69 Å². The number of carbonyl (C=O) groups excluding carboxylic acids is 1. The quantitative estimate of drug-likeness (QED) is 0.252. The van der Waals surface area contributed by atoms with Gasteiger partial charge in [0.25, 0.3) is 5.91 Å². The van der Waals surface area contributed by atoms with Gasteiger partial charge < -0.3 is 25.2 Å². The van der Waals surface area contributed by atoms with Crippen LogP contribution < -0.4 is 20.3 Å². The van der Waals surface area contributed by atoms with Crippen molar-refractivity contribution < 1.29 is 9.53 Å². The Balaban J connectivity index is 1.28. The molecule has 2 N–H and O–H groups in total. The minimum Gasteiger partial charge on any atom is -0.494 e. The van der Waals surface area contributed by atoms with Crippen molar-refractivity contribution in [1.29, 1.82) is 0 Å². The molecule has 0 spiro atoms. The SMILES string of the molecule is COc1cc(N2CCN(C)CC2)ccc1Nc1ncc2c(n1)-c1c(c(C(=O)Nc3c(C(C)C)cccc3C(C)C)nn1C)CC2. The van der Waals surface area contributed by atoms with Gasteiger partial charge in [-0.2, -0.15) is 5.10 Å². The van der Waals surface area contributed by atoms with Crippen LogP contribution in [0.25, 0.3) is 11.4 Å². The van der Waals surface area contributed by atoms with Crippen LogP contribution in [-0.4, -0.2) is 70.9 Å². The predicted molar refractivity (Wildman–Crippen MR) is 180 cm³/mol. The molecule has 6 rings (SSSR count). The van der Waals surface area contributed by atoms with E-state index < -0.39 is 0 Å². The van der Waals surface area contributed by atoms with Crippen LogP contribution in [-0.2, 0) is 19.9 Å². The Morgan fingerprint density at radius 2 is 1.67 bits per heavy atom. The maximum Gasteiger partial charge on any atom is 0.276 e. The van der Waals surface area contributed by atoms with E-state index in [0.29, 0.717) is 18.1 Å². The number of rotatable bonds is 8. The van der Waals surface area contributed by atoms with E-state index in [0.717, 1.165) is 89.1 Å². The molecule has 2 aromatic carbocycles. The van der Waals surface area contributed by atoms with Crippen molar-refractivity contribution >= 4 is 28.9 Å². The van der Waals surface area contributed by atoms with Crippen LogP contribution in [0.2, 0.25) is 0 Å². The van der Waals surface area contributed by atoms with Crippen molar-refractivity contribution in [2.75, 3.05) is 55.9 Å². The van der Waals surface area contributed by atoms with Crippen LogP contribution in [0.5, 0.6) is 5.75 Å². The molecule has 0 bridgehead atoms. The number of anilines is 4. The number of amides is 1. The number of benzene rings is 2. The minimum atomic E-state index is -0.192. The van der Waals surface area contributed by atoms with Crippen molar-refractivity contribution in [2.45, 2.75) is 52.4 Å². The number of methoxy groups -OCH3 is 1. The fourth-order valence-electron chi connectivity index (χ4n) is 6.43. The van der Waals surface area contributed by atoms with Gasteiger partial charge in [-0.25, -0.2) is 9.97 Å². The van der Waals surface area contributed by atoms with Crippen LogP contribution in [0.15, 0.2) is 42.6 Å². The molecule has 1 aliphatic carbocycles. The van der Waals surface area contributed by atoms with E-state index in [1.807, 2.05) is 19.3 Å². The van der Waals surface area contributed by atoms with Gasteiger partial charge in [0.2, 0.25) is 5.95 Å². The molecule has 10 nitrogen and oxygen atoms in total. The number of carbonyl (C=O) groups is 1. The molecule has 10 heteroatoms. The van der Waals surface area contributed by atoms with Crippen molar-refractivity contribution in [1.82, 2.24) is 24.6 Å². The Morgan fingerprint density at radius 3 is 2.33 bits per heavy atom. The predicted octanol–water partition coefficient (Wildman–Crippen LogP) is 5.98. The fourth-order valence-corrected chi connectivity index (χ4v) is 6.43. The van der Waals surface area contributed by atoms with Gasteiger partial charge in [-0.3, -0.25) is 9.48 Å². The van der Waals surface area contributed by atoms with Crippen molar-refractivity contribution in [3.05, 3.63) is 70.5 Å². The maximum absolute atomic E-state index is 13.8. The molecular weight excluding hydrogens is 564 g/mol. The number of hydrogen-bond acceptors (Lipinski definition) is 8. The monoisotopic (exact) mass is 608 g/mol. The maximum atomic E-state index is 13.8. The van der Waals surface area contributed by atoms with Gasteiger partial charge in [0, 0.05) is 62.4 Å². The molecule has 2 aromatic heterocycles. The summed E-state index contributed by atoms with van der Waals surface area (Å²) in [7, 11) is 5.71. The van der Waals surface area contributed by atoms with Gasteiger partial charge >= 0.3 is 0 Å². The Kier molecular flexibility index (Phi) is 8.50. The number of ether oxygens (including phenoxy) is 1. The standard InChI is InChI=1S/C35H44N8O2/c1-21(2)25-9-8-10-26(22(3)4)31(25)38-34(44)32-27-13-11-23-20-36-35(39-30(23)33(27)42(6)40-32)37-28-14-12-24(19-29(28)45-7)43-17-15-41(5)16-18-43/h8-10,12,14,19-22H,11,13,15-18H2,1-7H3,(H,38,44)(H,36,37,39). The molecule has 0 radical (unpaired) electrons. The summed E-state index contributed by atoms with van der Waals surface area (Å²) >= 11 is 0. The third-order valence-electron chi connectivity index (χ3n) is 9.01. The summed E-state index contributed by atoms with van der Waals surface area (Å²) in [6.07, 6.45) is 3.30. The molecule has 3 heterocycles. The molecule has 1 aliphatic heterocycles. The Bertz CT molecular complexity index is 1690. The summed E-state index contributed by atoms with van der Waals surface area (Å²) in [5, 5.41) is 11.4. The average Bonchev–Trinajstić information content (AvgIpc) is 3.38. The van der Waals surface area contributed by atoms with E-state index in [-0.39, 0.29) is 17.7 Å². The van der Waals surface area contributed by atoms with E-state index in [4.69, 9.17) is 14.8 Å². The lowest BCUT2D eigenvalue weighted by atomic mass is 9.91. The first-order valence-electron chi connectivity index (χ1n) is 15.9. The van der Waals surface area contributed by atoms with Crippen LogP contribution in [0.4, 0.5) is 23.0 Å². The lowest BCUT2D eigenvalue weighted by molar-refractivity contribution is 0.102. The lowest BCUT2D eigenvalue weighted by Crippen LogP contribution is -2.44. The molecular formula is C35H44N8O2. The van der Waals surface area contributed by atoms with E-state index in [2.05, 4.69) is 90.5 Å². The van der Waals surface area contributed by atoms with E-state index in [9.17, 15) is 4.79 Å². The normalized spacial score (nSPS) is 14.8. The highest BCUT2D eigenvalue weighted by Gasteiger charge is 2.30. The van der Waals surface area contributed by atoms with Gasteiger partial charge in [0.05, 0.1) is 24.2 Å². The van der Waals surface area contributed by atoms with Gasteiger partial charge in [-0.05, 0) is 60.5 Å². The second-order valence-corrected chi connectivity index (χ2v) is 12.7. The number of nitrogens with one attached hydrogen (secondary N) is 2. The Morgan fingerprint density at radius 1 is 0.956 bits per heavy atom. The van der Waals surface area contributed by atoms with Crippen LogP contribution in [0.3, 0.4) is 0 Å². The number of para-hydroxylation sites is 1. The summed E-state index contributed by atoms with van der Waals surface area (Å²) < 4.78 is 7.55. The van der Waals surface area contributed by atoms with Crippen molar-refractivity contribution in [3.8, 4) is 17.1 Å². The Hall–Kier alpha value is -4.44. The van der Waals surface area contributed by atoms with Crippen molar-refractivity contribution in [3.63, 3.8) is 0 Å². The van der Waals surface area contributed by atoms with Gasteiger partial charge in [-0.1, -0.05) is 45.9 Å². The number of aryl methyl sites for hydroxylation is 2. The molecule has 2 aliphatic rings. The topological polar surface area (TPSA) is 100 Å². The molecule has 0 unspecified atom stereocenters. The number of aromatic nitrogens is 4. The number of piperazine rings is 1. The zero-order valence-corrected chi connectivity index (χ0v) is 27.4. The number of likely N-dealkylation sites (N-methyl/N-ethyl adjacent to an activating group) is 1. The first-order valence-corrected chi connectivity index (χ1v) is 15.9. The van der Waals surface area contributed by atoms with Crippen molar-refractivity contribution in [2.24, 2.45) is 7.05 Å². The summed E-state index contributed by atoms with van der Waals surface area (Å²) in [6, 6.07) is 12.5. The van der Waals surface area contributed by atoms with Crippen LogP contribution in [0, 0.1) is 0 Å². The second kappa shape index (κ2) is 12.5. The molecule has 236 valence electrons. The third-order valence-corrected chi connectivity index (χ3v) is 9.01. The summed E-state index contributed by atoms with van der Waals surface area (Å²) in [4.78, 5) is 28.2. The highest BCUT2D eigenvalue weighted by atomic mass is 16.5. The molecule has 1 fully saturated rings. The van der Waals surface area contributed by atoms with Crippen LogP contribution >= 0.6 is 0 Å². The first kappa shape index (κ1) is 30.6. The minimum absolute atomic E-state index is 0.192. The Labute approximate surface area is 265 Å². The number of fused-ring (bicyclic) bond motifs is 3. The fraction of sp³-hybridized carbons (Fsp3) is 0.429. The first-order chi connectivity index (χ1) is 21.6. The zero-order valence-electron chi connectivity index (χ0n) is 27.4. The average molecular weight is 609 g/mol. The van der Waals surface area contributed by atoms with Crippen LogP contribution in [0.1, 0.15) is 72.3 Å². The molecule has 0 atom stereocenters. The number of nitrogens with zero attached hydrogens (tertiary/aromatic N) is 6. The summed E-state index contributed by atoms with van der Waals surface area (Å²) in [6.45, 7) is 12.6. The molecule has 1 amide bonds. The highest BCUT2D eigenvalue weighted by molar-refractivity contribution is 6.06. The smallest absolute Gasteiger partial charge is 0.276 e. The largest absolute Gasteiger partial charge is 0.494 e. The lowest BCUT2D eigenvalue weighted by Gasteiger charge is -2.34. The summed E-state index contributed by atoms with van der Waals surface area (Å²) in [5.41, 5.74) is 9.11. The third kappa shape index (κ3) is 5.99. The molecule has 1 saturated heterocycles. The van der Waals surface area contributed by atoms with E-state index in [1.54, 1.807) is 11.8 Å². The van der Waals surface area contributed by atoms with Gasteiger partial charge in [-0.15, -0.1) is 0 Å². The highest BCUT2D eigenvalue weighted by Crippen LogP contribution is 2.37. The molecule has 4 aromatic rings. The number of hydrogen-bond donors (Lipinski definition) is 2. The molecule has 0 saturated carbocycles. The molecule has 45 heavy (non-hydrogen) atoms. The van der Waals surface area contributed by atoms with E-state index in [1.165, 1.54) is 0 Å². The second-order valence-electron chi connectivity index (χ2n) is 12.7. The summed E-state index contributed by atoms with van der Waals surface area (Å²) in [5.74, 6) is 1.55. The zero-order chi connectivity index (χ0) is 31.8. The van der Waals surface area contributed by atoms with E-state index >= 15 is 0 Å². The van der Waals surface area contributed by atoms with Gasteiger partial charge in [0.1, 0.15) is 5.75 Å².